The topological polar surface area (TPSA) is 88.0 Å². The van der Waals surface area contributed by atoms with Crippen molar-refractivity contribution in [1.29, 1.82) is 0 Å². The molecule has 5 rings (SSSR count). The Morgan fingerprint density at radius 2 is 1.75 bits per heavy atom. The van der Waals surface area contributed by atoms with Crippen LogP contribution in [0.2, 0.25) is 0 Å². The summed E-state index contributed by atoms with van der Waals surface area (Å²) < 4.78 is 40.6. The number of nitrogens with zero attached hydrogens (tertiary/aromatic N) is 5. The highest BCUT2D eigenvalue weighted by Gasteiger charge is 2.30. The van der Waals surface area contributed by atoms with E-state index in [0.717, 1.165) is 30.7 Å². The number of halogens is 3. The first-order valence-electron chi connectivity index (χ1n) is 11.6. The lowest BCUT2D eigenvalue weighted by atomic mass is 10.2. The summed E-state index contributed by atoms with van der Waals surface area (Å²) in [5.74, 6) is 0.856. The summed E-state index contributed by atoms with van der Waals surface area (Å²) in [4.78, 5) is 27.5. The van der Waals surface area contributed by atoms with Crippen LogP contribution >= 0.6 is 0 Å². The van der Waals surface area contributed by atoms with Crippen molar-refractivity contribution in [2.24, 2.45) is 0 Å². The van der Waals surface area contributed by atoms with Crippen LogP contribution in [0.3, 0.4) is 0 Å². The zero-order chi connectivity index (χ0) is 25.1. The number of likely N-dealkylation sites (tertiary alicyclic amines) is 1. The minimum absolute atomic E-state index is 0.143. The summed E-state index contributed by atoms with van der Waals surface area (Å²) in [6, 6.07) is 14.5. The van der Waals surface area contributed by atoms with Gasteiger partial charge in [-0.15, -0.1) is 0 Å². The third-order valence-corrected chi connectivity index (χ3v) is 6.02. The van der Waals surface area contributed by atoms with Gasteiger partial charge in [0.2, 0.25) is 11.9 Å². The number of benzene rings is 2. The Morgan fingerprint density at radius 3 is 2.44 bits per heavy atom. The van der Waals surface area contributed by atoms with Crippen LogP contribution in [0.5, 0.6) is 0 Å². The highest BCUT2D eigenvalue weighted by atomic mass is 19.4. The predicted molar refractivity (Wildman–Crippen MR) is 130 cm³/mol. The van der Waals surface area contributed by atoms with E-state index in [1.807, 2.05) is 39.8 Å². The summed E-state index contributed by atoms with van der Waals surface area (Å²) in [5, 5.41) is 6.30. The molecule has 0 saturated carbocycles. The molecule has 1 fully saturated rings. The molecule has 2 aromatic heterocycles. The van der Waals surface area contributed by atoms with Crippen molar-refractivity contribution in [3.8, 4) is 0 Å². The van der Waals surface area contributed by atoms with Crippen molar-refractivity contribution in [3.63, 3.8) is 0 Å². The van der Waals surface area contributed by atoms with Gasteiger partial charge >= 0.3 is 6.18 Å². The van der Waals surface area contributed by atoms with Crippen LogP contribution in [0.1, 0.15) is 24.0 Å². The maximum Gasteiger partial charge on any atom is 0.416 e. The summed E-state index contributed by atoms with van der Waals surface area (Å²) in [5.41, 5.74) is 1.86. The van der Waals surface area contributed by atoms with Crippen molar-refractivity contribution in [3.05, 3.63) is 72.1 Å². The van der Waals surface area contributed by atoms with Crippen molar-refractivity contribution in [1.82, 2.24) is 24.4 Å². The third-order valence-electron chi connectivity index (χ3n) is 6.02. The number of nitrogens with one attached hydrogen (secondary N) is 2. The fourth-order valence-corrected chi connectivity index (χ4v) is 4.11. The number of rotatable bonds is 8. The van der Waals surface area contributed by atoms with E-state index in [4.69, 9.17) is 0 Å². The lowest BCUT2D eigenvalue weighted by molar-refractivity contribution is -0.137. The first-order valence-corrected chi connectivity index (χ1v) is 11.6. The molecule has 0 radical (unpaired) electrons. The minimum atomic E-state index is -4.41. The molecule has 8 nitrogen and oxygen atoms in total. The van der Waals surface area contributed by atoms with Gasteiger partial charge in [-0.05, 0) is 36.2 Å². The molecule has 1 saturated heterocycles. The Bertz CT molecular complexity index is 1350. The molecule has 0 aliphatic carbocycles. The Hall–Kier alpha value is -4.15. The predicted octanol–water partition coefficient (Wildman–Crippen LogP) is 4.82. The molecule has 1 amide bonds. The highest BCUT2D eigenvalue weighted by Crippen LogP contribution is 2.30. The van der Waals surface area contributed by atoms with E-state index in [0.29, 0.717) is 48.7 Å². The molecule has 36 heavy (non-hydrogen) atoms. The van der Waals surface area contributed by atoms with Gasteiger partial charge in [-0.1, -0.05) is 30.3 Å². The number of imidazole rings is 1. The lowest BCUT2D eigenvalue weighted by Gasteiger charge is -2.16. The van der Waals surface area contributed by atoms with Gasteiger partial charge in [0.05, 0.1) is 11.9 Å². The average molecular weight is 496 g/mol. The van der Waals surface area contributed by atoms with Crippen molar-refractivity contribution >= 4 is 34.5 Å². The summed E-state index contributed by atoms with van der Waals surface area (Å²) >= 11 is 0. The third kappa shape index (κ3) is 5.24. The molecule has 0 spiro atoms. The molecular formula is C25H24F3N7O. The van der Waals surface area contributed by atoms with E-state index >= 15 is 0 Å². The molecule has 186 valence electrons. The van der Waals surface area contributed by atoms with Gasteiger partial charge in [-0.25, -0.2) is 4.98 Å². The van der Waals surface area contributed by atoms with Crippen LogP contribution in [0.4, 0.5) is 30.6 Å². The number of amides is 1. The summed E-state index contributed by atoms with van der Waals surface area (Å²) in [6.45, 7) is 2.30. The molecular weight excluding hydrogens is 471 g/mol. The Morgan fingerprint density at radius 1 is 0.972 bits per heavy atom. The van der Waals surface area contributed by atoms with Crippen molar-refractivity contribution in [2.75, 3.05) is 23.7 Å². The van der Waals surface area contributed by atoms with E-state index in [1.165, 1.54) is 12.1 Å². The maximum absolute atomic E-state index is 12.9. The van der Waals surface area contributed by atoms with Crippen LogP contribution in [-0.4, -0.2) is 43.4 Å². The zero-order valence-corrected chi connectivity index (χ0v) is 19.3. The van der Waals surface area contributed by atoms with Crippen molar-refractivity contribution < 1.29 is 18.0 Å². The Labute approximate surface area is 205 Å². The van der Waals surface area contributed by atoms with Gasteiger partial charge in [-0.3, -0.25) is 4.79 Å². The number of hydrogen-bond acceptors (Lipinski definition) is 6. The number of anilines is 3. The van der Waals surface area contributed by atoms with Crippen LogP contribution in [-0.2, 0) is 24.1 Å². The van der Waals surface area contributed by atoms with Crippen molar-refractivity contribution in [2.45, 2.75) is 32.1 Å². The molecule has 2 aromatic carbocycles. The largest absolute Gasteiger partial charge is 0.416 e. The Kier molecular flexibility index (Phi) is 6.45. The van der Waals surface area contributed by atoms with Gasteiger partial charge in [0, 0.05) is 38.3 Å². The quantitative estimate of drug-likeness (QED) is 0.364. The zero-order valence-electron chi connectivity index (χ0n) is 19.3. The second-order valence-corrected chi connectivity index (χ2v) is 8.53. The number of carbonyl (C=O) groups is 1. The number of fused-ring (bicyclic) bond motifs is 1. The monoisotopic (exact) mass is 495 g/mol. The van der Waals surface area contributed by atoms with E-state index in [1.54, 1.807) is 6.33 Å². The molecule has 2 N–H and O–H groups in total. The molecule has 0 bridgehead atoms. The number of aromatic nitrogens is 4. The number of alkyl halides is 3. The fraction of sp³-hybridized carbons (Fsp3) is 0.280. The van der Waals surface area contributed by atoms with Gasteiger partial charge in [0.25, 0.3) is 0 Å². The SMILES string of the molecule is O=C1CCCN1CCn1cnc2c(NCc3ccccc3)nc(Nc3ccc(C(F)(F)F)cc3)nc21. The van der Waals surface area contributed by atoms with E-state index in [9.17, 15) is 18.0 Å². The van der Waals surface area contributed by atoms with E-state index in [-0.39, 0.29) is 11.9 Å². The van der Waals surface area contributed by atoms with Crippen LogP contribution in [0.25, 0.3) is 11.2 Å². The first-order chi connectivity index (χ1) is 17.4. The van der Waals surface area contributed by atoms with Crippen LogP contribution in [0, 0.1) is 0 Å². The summed E-state index contributed by atoms with van der Waals surface area (Å²) in [6.07, 6.45) is -1.32. The van der Waals surface area contributed by atoms with Gasteiger partial charge in [0.15, 0.2) is 17.0 Å². The van der Waals surface area contributed by atoms with E-state index in [2.05, 4.69) is 25.6 Å². The molecule has 3 heterocycles. The normalized spacial score (nSPS) is 14.0. The standard InChI is InChI=1S/C25H24F3N7O/c26-25(27,28)18-8-10-19(11-9-18)31-24-32-22(29-15-17-5-2-1-3-6-17)21-23(33-24)35(16-30-21)14-13-34-12-4-7-20(34)36/h1-3,5-6,8-11,16H,4,7,12-15H2,(H2,29,31,32,33). The molecule has 1 aliphatic rings. The second kappa shape index (κ2) is 9.84. The van der Waals surface area contributed by atoms with E-state index < -0.39 is 11.7 Å². The molecule has 0 atom stereocenters. The summed E-state index contributed by atoms with van der Waals surface area (Å²) in [7, 11) is 0. The van der Waals surface area contributed by atoms with Crippen LogP contribution in [0.15, 0.2) is 60.9 Å². The second-order valence-electron chi connectivity index (χ2n) is 8.53. The van der Waals surface area contributed by atoms with Gasteiger partial charge in [0.1, 0.15) is 0 Å². The number of carbonyl (C=O) groups excluding carboxylic acids is 1. The molecule has 1 aliphatic heterocycles. The van der Waals surface area contributed by atoms with Gasteiger partial charge in [-0.2, -0.15) is 23.1 Å². The van der Waals surface area contributed by atoms with Crippen LogP contribution < -0.4 is 10.6 Å². The van der Waals surface area contributed by atoms with Gasteiger partial charge < -0.3 is 20.1 Å². The molecule has 4 aromatic rings. The maximum atomic E-state index is 12.9. The first kappa shape index (κ1) is 23.6. The smallest absolute Gasteiger partial charge is 0.364 e. The molecule has 11 heteroatoms. The Balaban J connectivity index is 1.43. The average Bonchev–Trinajstić information content (AvgIpc) is 3.47. The lowest BCUT2D eigenvalue weighted by Crippen LogP contribution is -2.28. The molecule has 0 unspecified atom stereocenters. The highest BCUT2D eigenvalue weighted by molar-refractivity contribution is 5.85. The number of hydrogen-bond donors (Lipinski definition) is 2. The minimum Gasteiger partial charge on any atom is -0.364 e. The fourth-order valence-electron chi connectivity index (χ4n) is 4.11.